The van der Waals surface area contributed by atoms with Gasteiger partial charge in [0.15, 0.2) is 5.96 Å². The van der Waals surface area contributed by atoms with Crippen molar-refractivity contribution in [2.45, 2.75) is 45.9 Å². The number of thiophene rings is 1. The molecule has 0 amide bonds. The first-order chi connectivity index (χ1) is 12.4. The lowest BCUT2D eigenvalue weighted by atomic mass is 9.99. The molecule has 27 heavy (non-hydrogen) atoms. The van der Waals surface area contributed by atoms with Crippen LogP contribution in [0.2, 0.25) is 0 Å². The second-order valence-electron chi connectivity index (χ2n) is 6.51. The molecular weight excluding hydrogens is 475 g/mol. The van der Waals surface area contributed by atoms with E-state index in [1.165, 1.54) is 0 Å². The third kappa shape index (κ3) is 8.02. The maximum absolute atomic E-state index is 10.6. The van der Waals surface area contributed by atoms with Crippen LogP contribution in [0.3, 0.4) is 0 Å². The molecule has 0 aliphatic carbocycles. The molecule has 0 radical (unpaired) electrons. The van der Waals surface area contributed by atoms with E-state index in [1.54, 1.807) is 24.5 Å². The quantitative estimate of drug-likeness (QED) is 0.292. The number of nitrogens with zero attached hydrogens (tertiary/aromatic N) is 2. The van der Waals surface area contributed by atoms with E-state index in [4.69, 9.17) is 4.74 Å². The van der Waals surface area contributed by atoms with E-state index in [0.29, 0.717) is 24.9 Å². The first-order valence-electron chi connectivity index (χ1n) is 8.79. The van der Waals surface area contributed by atoms with Crippen molar-refractivity contribution in [1.29, 1.82) is 0 Å². The predicted molar refractivity (Wildman–Crippen MR) is 122 cm³/mol. The molecule has 2 aromatic rings. The molecule has 3 N–H and O–H groups in total. The second kappa shape index (κ2) is 11.5. The van der Waals surface area contributed by atoms with Gasteiger partial charge in [-0.15, -0.1) is 24.0 Å². The summed E-state index contributed by atoms with van der Waals surface area (Å²) in [4.78, 5) is 8.85. The summed E-state index contributed by atoms with van der Waals surface area (Å²) in [5.41, 5.74) is 0.937. The molecule has 0 fully saturated rings. The standard InChI is InChI=1S/C19H28N4O2S.HI/c1-5-20-18(23-13-19(4,24)16-8-9-26-12-16)22-11-15-6-7-17(21-10-15)25-14(2)3;/h6-10,12,14,24H,5,11,13H2,1-4H3,(H2,20,22,23);1H. The van der Waals surface area contributed by atoms with Gasteiger partial charge in [0.2, 0.25) is 5.88 Å². The molecule has 0 aliphatic rings. The number of halogens is 1. The molecule has 0 bridgehead atoms. The summed E-state index contributed by atoms with van der Waals surface area (Å²) in [6.45, 7) is 9.35. The van der Waals surface area contributed by atoms with E-state index in [0.717, 1.165) is 17.7 Å². The zero-order chi connectivity index (χ0) is 19.0. The third-order valence-electron chi connectivity index (χ3n) is 3.66. The molecule has 0 aromatic carbocycles. The predicted octanol–water partition coefficient (Wildman–Crippen LogP) is 3.51. The lowest BCUT2D eigenvalue weighted by molar-refractivity contribution is 0.0621. The summed E-state index contributed by atoms with van der Waals surface area (Å²) in [6.07, 6.45) is 1.87. The maximum atomic E-state index is 10.6. The number of hydrogen-bond acceptors (Lipinski definition) is 5. The Balaban J connectivity index is 0.00000364. The summed E-state index contributed by atoms with van der Waals surface area (Å²) in [6, 6.07) is 5.74. The van der Waals surface area contributed by atoms with Gasteiger partial charge in [-0.1, -0.05) is 6.07 Å². The van der Waals surface area contributed by atoms with Crippen molar-refractivity contribution in [3.63, 3.8) is 0 Å². The van der Waals surface area contributed by atoms with Gasteiger partial charge < -0.3 is 20.5 Å². The Morgan fingerprint density at radius 1 is 1.33 bits per heavy atom. The number of nitrogens with one attached hydrogen (secondary N) is 2. The van der Waals surface area contributed by atoms with Crippen LogP contribution < -0.4 is 15.4 Å². The van der Waals surface area contributed by atoms with Crippen molar-refractivity contribution in [3.8, 4) is 5.88 Å². The van der Waals surface area contributed by atoms with E-state index in [-0.39, 0.29) is 30.1 Å². The highest BCUT2D eigenvalue weighted by Crippen LogP contribution is 2.21. The lowest BCUT2D eigenvalue weighted by Crippen LogP contribution is -2.44. The highest BCUT2D eigenvalue weighted by Gasteiger charge is 2.23. The Morgan fingerprint density at radius 2 is 2.11 bits per heavy atom. The average Bonchev–Trinajstić information content (AvgIpc) is 3.14. The van der Waals surface area contributed by atoms with Crippen LogP contribution in [0.15, 0.2) is 40.1 Å². The van der Waals surface area contributed by atoms with E-state index < -0.39 is 5.60 Å². The Bertz CT molecular complexity index is 688. The van der Waals surface area contributed by atoms with Crippen LogP contribution in [0.5, 0.6) is 5.88 Å². The Labute approximate surface area is 182 Å². The number of guanidine groups is 1. The highest BCUT2D eigenvalue weighted by molar-refractivity contribution is 14.0. The number of rotatable bonds is 8. The molecule has 2 aromatic heterocycles. The van der Waals surface area contributed by atoms with Gasteiger partial charge in [0.1, 0.15) is 5.60 Å². The van der Waals surface area contributed by atoms with Gasteiger partial charge in [-0.3, -0.25) is 0 Å². The highest BCUT2D eigenvalue weighted by atomic mass is 127. The number of hydrogen-bond donors (Lipinski definition) is 3. The molecule has 0 spiro atoms. The Hall–Kier alpha value is -1.39. The van der Waals surface area contributed by atoms with Crippen molar-refractivity contribution in [3.05, 3.63) is 46.3 Å². The van der Waals surface area contributed by atoms with Gasteiger partial charge in [0.05, 0.1) is 19.2 Å². The van der Waals surface area contributed by atoms with E-state index in [2.05, 4.69) is 20.6 Å². The maximum Gasteiger partial charge on any atom is 0.213 e. The smallest absolute Gasteiger partial charge is 0.213 e. The van der Waals surface area contributed by atoms with E-state index >= 15 is 0 Å². The first kappa shape index (κ1) is 23.6. The third-order valence-corrected chi connectivity index (χ3v) is 4.34. The molecule has 150 valence electrons. The largest absolute Gasteiger partial charge is 0.475 e. The minimum Gasteiger partial charge on any atom is -0.475 e. The van der Waals surface area contributed by atoms with Gasteiger partial charge in [0, 0.05) is 18.8 Å². The van der Waals surface area contributed by atoms with Crippen LogP contribution in [0.4, 0.5) is 0 Å². The normalized spacial score (nSPS) is 13.6. The van der Waals surface area contributed by atoms with Gasteiger partial charge in [-0.25, -0.2) is 9.98 Å². The summed E-state index contributed by atoms with van der Waals surface area (Å²) in [5, 5.41) is 20.9. The van der Waals surface area contributed by atoms with Crippen molar-refractivity contribution in [2.75, 3.05) is 13.1 Å². The fraction of sp³-hybridized carbons (Fsp3) is 0.474. The van der Waals surface area contributed by atoms with Crippen molar-refractivity contribution >= 4 is 41.3 Å². The topological polar surface area (TPSA) is 78.8 Å². The summed E-state index contributed by atoms with van der Waals surface area (Å²) >= 11 is 1.57. The van der Waals surface area contributed by atoms with Crippen LogP contribution in [-0.2, 0) is 12.1 Å². The van der Waals surface area contributed by atoms with E-state index in [9.17, 15) is 5.11 Å². The Kier molecular flexibility index (Phi) is 10.0. The van der Waals surface area contributed by atoms with Crippen molar-refractivity contribution in [1.82, 2.24) is 15.6 Å². The molecule has 8 heteroatoms. The number of ether oxygens (including phenoxy) is 1. The Morgan fingerprint density at radius 3 is 2.67 bits per heavy atom. The number of aromatic nitrogens is 1. The average molecular weight is 504 g/mol. The van der Waals surface area contributed by atoms with Crippen LogP contribution in [0.1, 0.15) is 38.8 Å². The minimum atomic E-state index is -0.951. The molecule has 2 heterocycles. The molecule has 1 unspecified atom stereocenters. The van der Waals surface area contributed by atoms with Gasteiger partial charge in [0.25, 0.3) is 0 Å². The fourth-order valence-electron chi connectivity index (χ4n) is 2.26. The van der Waals surface area contributed by atoms with Crippen LogP contribution in [-0.4, -0.2) is 35.2 Å². The number of pyridine rings is 1. The van der Waals surface area contributed by atoms with Crippen LogP contribution in [0.25, 0.3) is 0 Å². The van der Waals surface area contributed by atoms with Crippen LogP contribution >= 0.6 is 35.3 Å². The lowest BCUT2D eigenvalue weighted by Gasteiger charge is -2.24. The molecular formula is C19H29IN4O2S. The second-order valence-corrected chi connectivity index (χ2v) is 7.29. The fourth-order valence-corrected chi connectivity index (χ4v) is 3.04. The first-order valence-corrected chi connectivity index (χ1v) is 9.74. The van der Waals surface area contributed by atoms with Gasteiger partial charge in [-0.05, 0) is 55.6 Å². The van der Waals surface area contributed by atoms with Crippen molar-refractivity contribution in [2.24, 2.45) is 4.99 Å². The molecule has 1 atom stereocenters. The molecule has 2 rings (SSSR count). The summed E-state index contributed by atoms with van der Waals surface area (Å²) in [7, 11) is 0. The molecule has 6 nitrogen and oxygen atoms in total. The summed E-state index contributed by atoms with van der Waals surface area (Å²) < 4.78 is 5.55. The van der Waals surface area contributed by atoms with Crippen LogP contribution in [0, 0.1) is 0 Å². The van der Waals surface area contributed by atoms with E-state index in [1.807, 2.05) is 49.7 Å². The summed E-state index contributed by atoms with van der Waals surface area (Å²) in [5.74, 6) is 1.27. The molecule has 0 aliphatic heterocycles. The van der Waals surface area contributed by atoms with Gasteiger partial charge >= 0.3 is 0 Å². The number of aliphatic hydroxyl groups is 1. The zero-order valence-electron chi connectivity index (χ0n) is 16.2. The minimum absolute atomic E-state index is 0. The van der Waals surface area contributed by atoms with Gasteiger partial charge in [-0.2, -0.15) is 11.3 Å². The van der Waals surface area contributed by atoms with Crippen molar-refractivity contribution < 1.29 is 9.84 Å². The number of aliphatic imine (C=N–C) groups is 1. The monoisotopic (exact) mass is 504 g/mol. The SMILES string of the molecule is CCNC(=NCc1ccc(OC(C)C)nc1)NCC(C)(O)c1ccsc1.I. The zero-order valence-corrected chi connectivity index (χ0v) is 19.4. The molecule has 0 saturated heterocycles. The molecule has 0 saturated carbocycles.